The Labute approximate surface area is 164 Å². The second-order valence-electron chi connectivity index (χ2n) is 7.17. The van der Waals surface area contributed by atoms with Crippen LogP contribution in [0.5, 0.6) is 0 Å². The smallest absolute Gasteiger partial charge is 0.328 e. The first-order chi connectivity index (χ1) is 13.2. The van der Waals surface area contributed by atoms with E-state index in [9.17, 15) is 19.2 Å². The predicted molar refractivity (Wildman–Crippen MR) is 104 cm³/mol. The number of hydrogen-bond donors (Lipinski definition) is 2. The second kappa shape index (κ2) is 9.34. The van der Waals surface area contributed by atoms with Crippen LogP contribution in [0.15, 0.2) is 24.3 Å². The highest BCUT2D eigenvalue weighted by molar-refractivity contribution is 5.99. The summed E-state index contributed by atoms with van der Waals surface area (Å²) in [6.45, 7) is 5.50. The molecule has 8 nitrogen and oxygen atoms in total. The monoisotopic (exact) mass is 389 g/mol. The zero-order valence-corrected chi connectivity index (χ0v) is 16.7. The lowest BCUT2D eigenvalue weighted by Gasteiger charge is -2.30. The summed E-state index contributed by atoms with van der Waals surface area (Å²) < 4.78 is 4.80. The van der Waals surface area contributed by atoms with Crippen LogP contribution >= 0.6 is 0 Å². The average molecular weight is 389 g/mol. The standard InChI is InChI=1S/C20H27N3O5/c1-12(2)17(19(26)23-10-6-9-16(23)20(27)28-4)22-18(25)14-7-5-8-15(11-14)21-13(3)24/h5,7-8,11-12,16-17H,6,9-10H2,1-4H3,(H,21,24)(H,22,25)/t16-,17-/m0/s1. The molecule has 0 aliphatic carbocycles. The van der Waals surface area contributed by atoms with Gasteiger partial charge in [0, 0.05) is 24.7 Å². The molecule has 152 valence electrons. The molecular weight excluding hydrogens is 362 g/mol. The van der Waals surface area contributed by atoms with Crippen LogP contribution in [0.2, 0.25) is 0 Å². The summed E-state index contributed by atoms with van der Waals surface area (Å²) in [5.74, 6) is -1.57. The minimum Gasteiger partial charge on any atom is -0.467 e. The van der Waals surface area contributed by atoms with Gasteiger partial charge in [0.05, 0.1) is 7.11 Å². The van der Waals surface area contributed by atoms with Gasteiger partial charge >= 0.3 is 5.97 Å². The first kappa shape index (κ1) is 21.4. The molecule has 28 heavy (non-hydrogen) atoms. The number of anilines is 1. The number of nitrogens with one attached hydrogen (secondary N) is 2. The number of amides is 3. The van der Waals surface area contributed by atoms with Crippen LogP contribution in [0.3, 0.4) is 0 Å². The van der Waals surface area contributed by atoms with Gasteiger partial charge in [-0.25, -0.2) is 4.79 Å². The number of carbonyl (C=O) groups excluding carboxylic acids is 4. The fraction of sp³-hybridized carbons (Fsp3) is 0.500. The molecular formula is C20H27N3O5. The molecule has 0 saturated carbocycles. The minimum absolute atomic E-state index is 0.172. The molecule has 1 aromatic carbocycles. The number of hydrogen-bond acceptors (Lipinski definition) is 5. The number of likely N-dealkylation sites (tertiary alicyclic amines) is 1. The van der Waals surface area contributed by atoms with Crippen molar-refractivity contribution >= 4 is 29.4 Å². The zero-order chi connectivity index (χ0) is 20.8. The Bertz CT molecular complexity index is 762. The number of carbonyl (C=O) groups is 4. The summed E-state index contributed by atoms with van der Waals surface area (Å²) in [7, 11) is 1.30. The second-order valence-corrected chi connectivity index (χ2v) is 7.17. The third-order valence-electron chi connectivity index (χ3n) is 4.67. The maximum absolute atomic E-state index is 13.0. The Kier molecular flexibility index (Phi) is 7.14. The first-order valence-corrected chi connectivity index (χ1v) is 9.31. The van der Waals surface area contributed by atoms with Crippen molar-refractivity contribution in [3.63, 3.8) is 0 Å². The molecule has 1 aliphatic heterocycles. The zero-order valence-electron chi connectivity index (χ0n) is 16.7. The predicted octanol–water partition coefficient (Wildman–Crippen LogP) is 1.56. The van der Waals surface area contributed by atoms with Crippen LogP contribution in [0, 0.1) is 5.92 Å². The summed E-state index contributed by atoms with van der Waals surface area (Å²) in [5.41, 5.74) is 0.827. The van der Waals surface area contributed by atoms with Gasteiger partial charge in [-0.05, 0) is 37.0 Å². The minimum atomic E-state index is -0.776. The van der Waals surface area contributed by atoms with Gasteiger partial charge in [0.2, 0.25) is 11.8 Å². The molecule has 1 fully saturated rings. The molecule has 3 amide bonds. The molecule has 0 bridgehead atoms. The largest absolute Gasteiger partial charge is 0.467 e. The molecule has 0 radical (unpaired) electrons. The van der Waals surface area contributed by atoms with Gasteiger partial charge < -0.3 is 20.3 Å². The van der Waals surface area contributed by atoms with Gasteiger partial charge in [0.1, 0.15) is 12.1 Å². The molecule has 0 unspecified atom stereocenters. The molecule has 8 heteroatoms. The van der Waals surface area contributed by atoms with Crippen LogP contribution in [-0.2, 0) is 19.1 Å². The molecule has 2 atom stereocenters. The fourth-order valence-corrected chi connectivity index (χ4v) is 3.27. The molecule has 1 aliphatic rings. The van der Waals surface area contributed by atoms with Crippen LogP contribution in [0.4, 0.5) is 5.69 Å². The number of rotatable bonds is 6. The highest BCUT2D eigenvalue weighted by atomic mass is 16.5. The summed E-state index contributed by atoms with van der Waals surface area (Å²) in [6, 6.07) is 5.09. The highest BCUT2D eigenvalue weighted by Crippen LogP contribution is 2.21. The number of esters is 1. The highest BCUT2D eigenvalue weighted by Gasteiger charge is 2.39. The van der Waals surface area contributed by atoms with Gasteiger partial charge in [0.15, 0.2) is 0 Å². The lowest BCUT2D eigenvalue weighted by atomic mass is 10.0. The third kappa shape index (κ3) is 5.09. The quantitative estimate of drug-likeness (QED) is 0.719. The van der Waals surface area contributed by atoms with E-state index < -0.39 is 24.0 Å². The van der Waals surface area contributed by atoms with Crippen molar-refractivity contribution in [1.82, 2.24) is 10.2 Å². The van der Waals surface area contributed by atoms with Crippen molar-refractivity contribution in [2.24, 2.45) is 5.92 Å². The van der Waals surface area contributed by atoms with Crippen LogP contribution in [-0.4, -0.2) is 54.3 Å². The normalized spacial score (nSPS) is 17.2. The molecule has 1 heterocycles. The number of benzene rings is 1. The SMILES string of the molecule is COC(=O)[C@@H]1CCCN1C(=O)[C@@H](NC(=O)c1cccc(NC(C)=O)c1)C(C)C. The Morgan fingerprint density at radius 3 is 2.54 bits per heavy atom. The van der Waals surface area contributed by atoms with Crippen LogP contribution in [0.1, 0.15) is 44.0 Å². The lowest BCUT2D eigenvalue weighted by Crippen LogP contribution is -2.53. The Morgan fingerprint density at radius 1 is 1.21 bits per heavy atom. The number of methoxy groups -OCH3 is 1. The van der Waals surface area contributed by atoms with E-state index in [1.807, 2.05) is 13.8 Å². The molecule has 0 spiro atoms. The Balaban J connectivity index is 2.16. The topological polar surface area (TPSA) is 105 Å². The van der Waals surface area contributed by atoms with E-state index in [2.05, 4.69) is 10.6 Å². The van der Waals surface area contributed by atoms with Gasteiger partial charge in [-0.15, -0.1) is 0 Å². The van der Waals surface area contributed by atoms with Crippen molar-refractivity contribution < 1.29 is 23.9 Å². The Morgan fingerprint density at radius 2 is 1.93 bits per heavy atom. The van der Waals surface area contributed by atoms with Crippen molar-refractivity contribution in [3.8, 4) is 0 Å². The van der Waals surface area contributed by atoms with Gasteiger partial charge in [-0.1, -0.05) is 19.9 Å². The van der Waals surface area contributed by atoms with E-state index in [1.165, 1.54) is 18.9 Å². The van der Waals surface area contributed by atoms with Gasteiger partial charge in [-0.2, -0.15) is 0 Å². The summed E-state index contributed by atoms with van der Waals surface area (Å²) in [5, 5.41) is 5.40. The van der Waals surface area contributed by atoms with E-state index >= 15 is 0 Å². The van der Waals surface area contributed by atoms with Crippen molar-refractivity contribution in [2.75, 3.05) is 19.0 Å². The fourth-order valence-electron chi connectivity index (χ4n) is 3.27. The van der Waals surface area contributed by atoms with E-state index in [0.717, 1.165) is 0 Å². The van der Waals surface area contributed by atoms with Crippen molar-refractivity contribution in [1.29, 1.82) is 0 Å². The van der Waals surface area contributed by atoms with Crippen LogP contribution < -0.4 is 10.6 Å². The third-order valence-corrected chi connectivity index (χ3v) is 4.67. The lowest BCUT2D eigenvalue weighted by molar-refractivity contribution is -0.151. The van der Waals surface area contributed by atoms with E-state index in [4.69, 9.17) is 4.74 Å². The summed E-state index contributed by atoms with van der Waals surface area (Å²) >= 11 is 0. The van der Waals surface area contributed by atoms with E-state index in [-0.39, 0.29) is 17.7 Å². The van der Waals surface area contributed by atoms with Crippen molar-refractivity contribution in [3.05, 3.63) is 29.8 Å². The summed E-state index contributed by atoms with van der Waals surface area (Å²) in [6.07, 6.45) is 1.26. The average Bonchev–Trinajstić information content (AvgIpc) is 3.14. The van der Waals surface area contributed by atoms with Gasteiger partial charge in [0.25, 0.3) is 5.91 Å². The maximum Gasteiger partial charge on any atom is 0.328 e. The van der Waals surface area contributed by atoms with Crippen molar-refractivity contribution in [2.45, 2.75) is 45.7 Å². The molecule has 0 aromatic heterocycles. The Hall–Kier alpha value is -2.90. The molecule has 1 aromatic rings. The van der Waals surface area contributed by atoms with Crippen LogP contribution in [0.25, 0.3) is 0 Å². The summed E-state index contributed by atoms with van der Waals surface area (Å²) in [4.78, 5) is 50.4. The van der Waals surface area contributed by atoms with E-state index in [0.29, 0.717) is 30.6 Å². The first-order valence-electron chi connectivity index (χ1n) is 9.31. The number of ether oxygens (including phenoxy) is 1. The number of nitrogens with zero attached hydrogens (tertiary/aromatic N) is 1. The molecule has 1 saturated heterocycles. The van der Waals surface area contributed by atoms with Gasteiger partial charge in [-0.3, -0.25) is 14.4 Å². The van der Waals surface area contributed by atoms with E-state index in [1.54, 1.807) is 24.3 Å². The molecule has 2 N–H and O–H groups in total. The maximum atomic E-state index is 13.0. The molecule has 2 rings (SSSR count).